The molecule has 1 fully saturated rings. The summed E-state index contributed by atoms with van der Waals surface area (Å²) in [6, 6.07) is 3.87. The Balaban J connectivity index is 1.74. The third-order valence-electron chi connectivity index (χ3n) is 4.80. The van der Waals surface area contributed by atoms with E-state index in [1.807, 2.05) is 26.0 Å². The van der Waals surface area contributed by atoms with Crippen molar-refractivity contribution in [1.29, 1.82) is 0 Å². The van der Waals surface area contributed by atoms with Gasteiger partial charge in [0.1, 0.15) is 23.4 Å². The van der Waals surface area contributed by atoms with Crippen LogP contribution in [0.2, 0.25) is 0 Å². The number of piperazine rings is 1. The minimum atomic E-state index is -0.110. The van der Waals surface area contributed by atoms with Crippen LogP contribution in [0.4, 0.5) is 0 Å². The predicted octanol–water partition coefficient (Wildman–Crippen LogP) is 2.43. The summed E-state index contributed by atoms with van der Waals surface area (Å²) in [6.45, 7) is 10.9. The summed E-state index contributed by atoms with van der Waals surface area (Å²) in [5.74, 6) is 2.56. The lowest BCUT2D eigenvalue weighted by atomic mass is 10.1. The number of hydrogen-bond donors (Lipinski definition) is 1. The molecule has 0 unspecified atom stereocenters. The number of aromatic hydroxyl groups is 1. The molecule has 0 saturated carbocycles. The number of likely N-dealkylation sites (N-methyl/N-ethyl adjacent to an activating group) is 1. The van der Waals surface area contributed by atoms with E-state index in [0.717, 1.165) is 49.1 Å². The van der Waals surface area contributed by atoms with Crippen LogP contribution >= 0.6 is 11.3 Å². The molecule has 1 aliphatic heterocycles. The summed E-state index contributed by atoms with van der Waals surface area (Å²) in [7, 11) is 0. The average Bonchev–Trinajstić information content (AvgIpc) is 3.26. The van der Waals surface area contributed by atoms with Crippen LogP contribution in [0.1, 0.15) is 35.2 Å². The van der Waals surface area contributed by atoms with Crippen molar-refractivity contribution in [2.75, 3.05) is 32.7 Å². The molecule has 1 aliphatic rings. The van der Waals surface area contributed by atoms with Crippen molar-refractivity contribution in [3.8, 4) is 5.88 Å². The number of rotatable bonds is 4. The van der Waals surface area contributed by atoms with Crippen molar-refractivity contribution in [2.24, 2.45) is 0 Å². The van der Waals surface area contributed by atoms with Crippen LogP contribution in [-0.2, 0) is 0 Å². The summed E-state index contributed by atoms with van der Waals surface area (Å²) < 4.78 is 7.48. The quantitative estimate of drug-likeness (QED) is 0.770. The number of fused-ring (bicyclic) bond motifs is 1. The normalized spacial score (nSPS) is 18.2. The Morgan fingerprint density at radius 2 is 2.00 bits per heavy atom. The maximum Gasteiger partial charge on any atom is 0.230 e. The highest BCUT2D eigenvalue weighted by molar-refractivity contribution is 7.17. The van der Waals surface area contributed by atoms with E-state index in [1.165, 1.54) is 15.9 Å². The van der Waals surface area contributed by atoms with E-state index in [9.17, 15) is 5.11 Å². The van der Waals surface area contributed by atoms with Gasteiger partial charge < -0.3 is 14.4 Å². The number of aryl methyl sites for hydroxylation is 2. The Hall–Kier alpha value is -1.90. The van der Waals surface area contributed by atoms with Gasteiger partial charge in [0.05, 0.1) is 4.88 Å². The molecule has 7 nitrogen and oxygen atoms in total. The fourth-order valence-corrected chi connectivity index (χ4v) is 4.58. The van der Waals surface area contributed by atoms with Gasteiger partial charge in [-0.25, -0.2) is 4.98 Å². The highest BCUT2D eigenvalue weighted by Gasteiger charge is 2.33. The minimum absolute atomic E-state index is 0.110. The van der Waals surface area contributed by atoms with Crippen molar-refractivity contribution in [3.63, 3.8) is 0 Å². The van der Waals surface area contributed by atoms with Gasteiger partial charge in [-0.3, -0.25) is 4.90 Å². The third-order valence-corrected chi connectivity index (χ3v) is 5.88. The van der Waals surface area contributed by atoms with E-state index >= 15 is 0 Å². The molecule has 0 amide bonds. The van der Waals surface area contributed by atoms with Crippen LogP contribution < -0.4 is 0 Å². The lowest BCUT2D eigenvalue weighted by Crippen LogP contribution is -2.47. The lowest BCUT2D eigenvalue weighted by molar-refractivity contribution is 0.104. The number of aromatic nitrogens is 3. The fourth-order valence-electron chi connectivity index (χ4n) is 3.44. The second kappa shape index (κ2) is 6.44. The molecule has 3 aromatic rings. The minimum Gasteiger partial charge on any atom is -0.492 e. The summed E-state index contributed by atoms with van der Waals surface area (Å²) in [5, 5.41) is 15.1. The van der Waals surface area contributed by atoms with E-state index in [0.29, 0.717) is 10.8 Å². The molecule has 0 aromatic carbocycles. The maximum atomic E-state index is 10.8. The number of thiazole rings is 1. The molecule has 8 heteroatoms. The zero-order valence-corrected chi connectivity index (χ0v) is 15.6. The monoisotopic (exact) mass is 361 g/mol. The van der Waals surface area contributed by atoms with Gasteiger partial charge in [-0.15, -0.1) is 5.10 Å². The SMILES string of the molecule is CCN1CCN([C@@H](c2ccc(C)o2)c2sc3nc(C)nn3c2O)CC1. The smallest absolute Gasteiger partial charge is 0.230 e. The van der Waals surface area contributed by atoms with Gasteiger partial charge in [-0.05, 0) is 32.5 Å². The summed E-state index contributed by atoms with van der Waals surface area (Å²) in [5.41, 5.74) is 0. The molecule has 134 valence electrons. The van der Waals surface area contributed by atoms with E-state index in [2.05, 4.69) is 26.8 Å². The van der Waals surface area contributed by atoms with Gasteiger partial charge in [0.15, 0.2) is 0 Å². The van der Waals surface area contributed by atoms with Crippen LogP contribution in [0.3, 0.4) is 0 Å². The van der Waals surface area contributed by atoms with Crippen LogP contribution in [0.5, 0.6) is 5.88 Å². The Kier molecular flexibility index (Phi) is 4.26. The van der Waals surface area contributed by atoms with E-state index in [-0.39, 0.29) is 11.9 Å². The molecular weight excluding hydrogens is 338 g/mol. The number of nitrogens with zero attached hydrogens (tertiary/aromatic N) is 5. The number of hydrogen-bond acceptors (Lipinski definition) is 7. The third kappa shape index (κ3) is 2.94. The van der Waals surface area contributed by atoms with Crippen molar-refractivity contribution in [1.82, 2.24) is 24.4 Å². The average molecular weight is 361 g/mol. The van der Waals surface area contributed by atoms with Gasteiger partial charge in [0, 0.05) is 26.2 Å². The number of furan rings is 1. The first-order chi connectivity index (χ1) is 12.1. The van der Waals surface area contributed by atoms with Crippen LogP contribution in [0.15, 0.2) is 16.5 Å². The summed E-state index contributed by atoms with van der Waals surface area (Å²) in [6.07, 6.45) is 0. The Bertz CT molecular complexity index is 875. The first kappa shape index (κ1) is 16.6. The summed E-state index contributed by atoms with van der Waals surface area (Å²) in [4.78, 5) is 10.8. The van der Waals surface area contributed by atoms with Gasteiger partial charge in [0.2, 0.25) is 10.8 Å². The molecule has 1 atom stereocenters. The molecule has 3 aromatic heterocycles. The molecule has 4 heterocycles. The fraction of sp³-hybridized carbons (Fsp3) is 0.529. The van der Waals surface area contributed by atoms with Crippen LogP contribution in [-0.4, -0.2) is 62.2 Å². The van der Waals surface area contributed by atoms with Gasteiger partial charge in [0.25, 0.3) is 0 Å². The summed E-state index contributed by atoms with van der Waals surface area (Å²) >= 11 is 1.48. The molecule has 0 bridgehead atoms. The second-order valence-electron chi connectivity index (χ2n) is 6.46. The van der Waals surface area contributed by atoms with Crippen molar-refractivity contribution in [2.45, 2.75) is 26.8 Å². The van der Waals surface area contributed by atoms with Crippen LogP contribution in [0, 0.1) is 13.8 Å². The highest BCUT2D eigenvalue weighted by atomic mass is 32.1. The zero-order chi connectivity index (χ0) is 17.6. The Morgan fingerprint density at radius 3 is 2.60 bits per heavy atom. The van der Waals surface area contributed by atoms with Crippen molar-refractivity contribution >= 4 is 16.3 Å². The molecule has 1 N–H and O–H groups in total. The molecule has 4 rings (SSSR count). The maximum absolute atomic E-state index is 10.8. The molecule has 0 spiro atoms. The van der Waals surface area contributed by atoms with Crippen LogP contribution in [0.25, 0.3) is 4.96 Å². The largest absolute Gasteiger partial charge is 0.492 e. The van der Waals surface area contributed by atoms with Gasteiger partial charge >= 0.3 is 0 Å². The first-order valence-electron chi connectivity index (χ1n) is 8.64. The molecule has 1 saturated heterocycles. The second-order valence-corrected chi connectivity index (χ2v) is 7.47. The van der Waals surface area contributed by atoms with Crippen molar-refractivity contribution < 1.29 is 9.52 Å². The van der Waals surface area contributed by atoms with E-state index in [1.54, 1.807) is 0 Å². The Labute approximate surface area is 150 Å². The molecule has 0 radical (unpaired) electrons. The molecular formula is C17H23N5O2S. The molecule has 25 heavy (non-hydrogen) atoms. The Morgan fingerprint density at radius 1 is 1.24 bits per heavy atom. The highest BCUT2D eigenvalue weighted by Crippen LogP contribution is 2.40. The topological polar surface area (TPSA) is 70.0 Å². The van der Waals surface area contributed by atoms with Gasteiger partial charge in [-0.1, -0.05) is 18.3 Å². The lowest BCUT2D eigenvalue weighted by Gasteiger charge is -2.37. The predicted molar refractivity (Wildman–Crippen MR) is 96.2 cm³/mol. The van der Waals surface area contributed by atoms with E-state index < -0.39 is 0 Å². The standard InChI is InChI=1S/C17H23N5O2S/c1-4-20-7-9-21(10-8-20)14(13-6-5-11(2)24-13)15-16(23)22-17(25-15)18-12(3)19-22/h5-6,14,23H,4,7-10H2,1-3H3/t14-/m0/s1. The van der Waals surface area contributed by atoms with Gasteiger partial charge in [-0.2, -0.15) is 4.52 Å². The molecule has 0 aliphatic carbocycles. The van der Waals surface area contributed by atoms with Crippen molar-refractivity contribution in [3.05, 3.63) is 34.4 Å². The first-order valence-corrected chi connectivity index (χ1v) is 9.46. The zero-order valence-electron chi connectivity index (χ0n) is 14.8. The van der Waals surface area contributed by atoms with E-state index in [4.69, 9.17) is 4.42 Å².